The first kappa shape index (κ1) is 16.7. The van der Waals surface area contributed by atoms with Crippen molar-refractivity contribution in [3.63, 3.8) is 0 Å². The van der Waals surface area contributed by atoms with Crippen LogP contribution in [0.25, 0.3) is 32.8 Å². The van der Waals surface area contributed by atoms with E-state index in [-0.39, 0.29) is 0 Å². The van der Waals surface area contributed by atoms with E-state index in [4.69, 9.17) is 5.73 Å². The standard InChI is InChI=1S/C15H11N.C9H8N2/c1-2-6-12(7-3-1)15-11-16-10-13-8-4-5-9-14(13)15;10-8-5-1-3-7-4-2-6-11-9(7)8/h1-11H;1-6H,10H2. The topological polar surface area (TPSA) is 51.8 Å². The van der Waals surface area contributed by atoms with Gasteiger partial charge in [-0.05, 0) is 23.1 Å². The molecule has 0 saturated carbocycles. The monoisotopic (exact) mass is 349 g/mol. The van der Waals surface area contributed by atoms with Crippen molar-refractivity contribution in [3.8, 4) is 11.1 Å². The van der Waals surface area contributed by atoms with Gasteiger partial charge in [-0.15, -0.1) is 0 Å². The van der Waals surface area contributed by atoms with Crippen molar-refractivity contribution in [1.29, 1.82) is 0 Å². The Morgan fingerprint density at radius 3 is 2.22 bits per heavy atom. The van der Waals surface area contributed by atoms with Gasteiger partial charge >= 0.3 is 0 Å². The summed E-state index contributed by atoms with van der Waals surface area (Å²) in [7, 11) is 0. The number of anilines is 1. The molecule has 5 aromatic rings. The molecular formula is C24H19N3. The van der Waals surface area contributed by atoms with E-state index in [1.54, 1.807) is 6.20 Å². The van der Waals surface area contributed by atoms with Crippen LogP contribution in [-0.4, -0.2) is 9.97 Å². The van der Waals surface area contributed by atoms with E-state index in [0.29, 0.717) is 0 Å². The van der Waals surface area contributed by atoms with E-state index < -0.39 is 0 Å². The van der Waals surface area contributed by atoms with E-state index in [9.17, 15) is 0 Å². The number of nitrogens with two attached hydrogens (primary N) is 1. The van der Waals surface area contributed by atoms with Crippen LogP contribution in [0.2, 0.25) is 0 Å². The first-order chi connectivity index (χ1) is 13.3. The molecule has 3 aromatic carbocycles. The molecule has 0 aliphatic heterocycles. The predicted molar refractivity (Wildman–Crippen MR) is 113 cm³/mol. The lowest BCUT2D eigenvalue weighted by atomic mass is 10.0. The third-order valence-corrected chi connectivity index (χ3v) is 4.42. The van der Waals surface area contributed by atoms with Crippen molar-refractivity contribution in [1.82, 2.24) is 9.97 Å². The number of hydrogen-bond donors (Lipinski definition) is 1. The Kier molecular flexibility index (Phi) is 4.75. The van der Waals surface area contributed by atoms with Gasteiger partial charge < -0.3 is 5.73 Å². The number of rotatable bonds is 1. The SMILES string of the molecule is Nc1cccc2cccnc12.c1ccc(-c2cncc3ccccc23)cc1. The Morgan fingerprint density at radius 2 is 1.37 bits per heavy atom. The molecule has 0 aliphatic rings. The zero-order valence-corrected chi connectivity index (χ0v) is 14.8. The summed E-state index contributed by atoms with van der Waals surface area (Å²) in [5.41, 5.74) is 9.72. The molecular weight excluding hydrogens is 330 g/mol. The lowest BCUT2D eigenvalue weighted by molar-refractivity contribution is 1.36. The van der Waals surface area contributed by atoms with Crippen molar-refractivity contribution < 1.29 is 0 Å². The molecule has 0 unspecified atom stereocenters. The minimum absolute atomic E-state index is 0.739. The van der Waals surface area contributed by atoms with Gasteiger partial charge in [0.1, 0.15) is 0 Å². The molecule has 0 bridgehead atoms. The van der Waals surface area contributed by atoms with Crippen LogP contribution in [0.3, 0.4) is 0 Å². The molecule has 0 aliphatic carbocycles. The van der Waals surface area contributed by atoms with Crippen molar-refractivity contribution in [2.75, 3.05) is 5.73 Å². The molecule has 2 aromatic heterocycles. The molecule has 3 heteroatoms. The Bertz CT molecular complexity index is 1170. The van der Waals surface area contributed by atoms with Gasteiger partial charge in [-0.1, -0.05) is 72.8 Å². The fraction of sp³-hybridized carbons (Fsp3) is 0. The number of para-hydroxylation sites is 1. The first-order valence-corrected chi connectivity index (χ1v) is 8.80. The molecule has 0 saturated heterocycles. The maximum absolute atomic E-state index is 5.69. The summed E-state index contributed by atoms with van der Waals surface area (Å²) in [6.07, 6.45) is 5.58. The predicted octanol–water partition coefficient (Wildman–Crippen LogP) is 5.72. The van der Waals surface area contributed by atoms with Crippen LogP contribution in [-0.2, 0) is 0 Å². The minimum atomic E-state index is 0.739. The fourth-order valence-corrected chi connectivity index (χ4v) is 3.09. The van der Waals surface area contributed by atoms with Crippen molar-refractivity contribution in [3.05, 3.63) is 104 Å². The van der Waals surface area contributed by atoms with E-state index in [1.807, 2.05) is 54.9 Å². The van der Waals surface area contributed by atoms with Crippen molar-refractivity contribution >= 4 is 27.4 Å². The highest BCUT2D eigenvalue weighted by molar-refractivity contribution is 5.95. The Morgan fingerprint density at radius 1 is 0.630 bits per heavy atom. The molecule has 0 atom stereocenters. The quantitative estimate of drug-likeness (QED) is 0.394. The summed E-state index contributed by atoms with van der Waals surface area (Å²) in [6.45, 7) is 0. The zero-order chi connectivity index (χ0) is 18.5. The van der Waals surface area contributed by atoms with Crippen LogP contribution in [0.4, 0.5) is 5.69 Å². The molecule has 2 N–H and O–H groups in total. The van der Waals surface area contributed by atoms with Crippen molar-refractivity contribution in [2.45, 2.75) is 0 Å². The zero-order valence-electron chi connectivity index (χ0n) is 14.8. The fourth-order valence-electron chi connectivity index (χ4n) is 3.09. The van der Waals surface area contributed by atoms with Crippen LogP contribution in [0.5, 0.6) is 0 Å². The average molecular weight is 349 g/mol. The molecule has 0 spiro atoms. The number of aromatic nitrogens is 2. The number of pyridine rings is 2. The normalized spacial score (nSPS) is 10.4. The third-order valence-electron chi connectivity index (χ3n) is 4.42. The van der Waals surface area contributed by atoms with Gasteiger partial charge in [-0.3, -0.25) is 9.97 Å². The highest BCUT2D eigenvalue weighted by atomic mass is 14.7. The molecule has 0 amide bonds. The van der Waals surface area contributed by atoms with Gasteiger partial charge in [0, 0.05) is 34.9 Å². The minimum Gasteiger partial charge on any atom is -0.397 e. The molecule has 3 nitrogen and oxygen atoms in total. The highest BCUT2D eigenvalue weighted by Gasteiger charge is 2.02. The van der Waals surface area contributed by atoms with Crippen LogP contribution >= 0.6 is 0 Å². The molecule has 0 fully saturated rings. The lowest BCUT2D eigenvalue weighted by Gasteiger charge is -2.05. The molecule has 0 radical (unpaired) electrons. The second-order valence-electron chi connectivity index (χ2n) is 6.20. The Hall–Kier alpha value is -3.72. The van der Waals surface area contributed by atoms with Gasteiger partial charge in [0.2, 0.25) is 0 Å². The van der Waals surface area contributed by atoms with Gasteiger partial charge in [-0.2, -0.15) is 0 Å². The number of benzene rings is 3. The molecule has 130 valence electrons. The van der Waals surface area contributed by atoms with Crippen molar-refractivity contribution in [2.24, 2.45) is 0 Å². The van der Waals surface area contributed by atoms with Gasteiger partial charge in [0.25, 0.3) is 0 Å². The summed E-state index contributed by atoms with van der Waals surface area (Å²) in [4.78, 5) is 8.44. The van der Waals surface area contributed by atoms with E-state index in [0.717, 1.165) is 16.6 Å². The smallest absolute Gasteiger partial charge is 0.0931 e. The summed E-state index contributed by atoms with van der Waals surface area (Å²) < 4.78 is 0. The first-order valence-electron chi connectivity index (χ1n) is 8.80. The lowest BCUT2D eigenvalue weighted by Crippen LogP contribution is -1.87. The van der Waals surface area contributed by atoms with Crippen LogP contribution in [0.1, 0.15) is 0 Å². The van der Waals surface area contributed by atoms with E-state index >= 15 is 0 Å². The molecule has 5 rings (SSSR count). The summed E-state index contributed by atoms with van der Waals surface area (Å²) in [6, 6.07) is 28.4. The van der Waals surface area contributed by atoms with E-state index in [1.165, 1.54) is 21.9 Å². The second kappa shape index (κ2) is 7.67. The van der Waals surface area contributed by atoms with Gasteiger partial charge in [-0.25, -0.2) is 0 Å². The maximum atomic E-state index is 5.69. The van der Waals surface area contributed by atoms with Crippen LogP contribution in [0.15, 0.2) is 104 Å². The number of nitrogens with zero attached hydrogens (tertiary/aromatic N) is 2. The van der Waals surface area contributed by atoms with Crippen LogP contribution < -0.4 is 5.73 Å². The summed E-state index contributed by atoms with van der Waals surface area (Å²) in [5.74, 6) is 0. The second-order valence-corrected chi connectivity index (χ2v) is 6.20. The van der Waals surface area contributed by atoms with Gasteiger partial charge in [0.15, 0.2) is 0 Å². The summed E-state index contributed by atoms with van der Waals surface area (Å²) in [5, 5.41) is 3.53. The average Bonchev–Trinajstić information content (AvgIpc) is 2.75. The Labute approximate surface area is 158 Å². The van der Waals surface area contributed by atoms with Gasteiger partial charge in [0.05, 0.1) is 11.2 Å². The third kappa shape index (κ3) is 3.62. The summed E-state index contributed by atoms with van der Waals surface area (Å²) >= 11 is 0. The van der Waals surface area contributed by atoms with E-state index in [2.05, 4.69) is 52.4 Å². The number of nitrogen functional groups attached to an aromatic ring is 1. The maximum Gasteiger partial charge on any atom is 0.0931 e. The van der Waals surface area contributed by atoms with Crippen LogP contribution in [0, 0.1) is 0 Å². The number of fused-ring (bicyclic) bond motifs is 2. The highest BCUT2D eigenvalue weighted by Crippen LogP contribution is 2.26. The Balaban J connectivity index is 0.000000143. The largest absolute Gasteiger partial charge is 0.397 e. The number of hydrogen-bond acceptors (Lipinski definition) is 3. The molecule has 2 heterocycles. The molecule has 27 heavy (non-hydrogen) atoms.